The van der Waals surface area contributed by atoms with Crippen LogP contribution in [0.25, 0.3) is 11.0 Å². The Kier molecular flexibility index (Phi) is 6.35. The van der Waals surface area contributed by atoms with Crippen LogP contribution in [-0.4, -0.2) is 65.1 Å². The molecule has 3 aromatic rings. The minimum Gasteiger partial charge on any atom is -0.467 e. The molecule has 8 nitrogen and oxygen atoms in total. The molecule has 0 spiro atoms. The fraction of sp³-hybridized carbons (Fsp3) is 0.464. The number of carbonyl (C=O) groups is 2. The van der Waals surface area contributed by atoms with Gasteiger partial charge < -0.3 is 13.7 Å². The van der Waals surface area contributed by atoms with Crippen molar-refractivity contribution in [2.45, 2.75) is 44.6 Å². The van der Waals surface area contributed by atoms with Crippen molar-refractivity contribution >= 4 is 28.5 Å². The number of fused-ring (bicyclic) bond motifs is 1. The van der Waals surface area contributed by atoms with Gasteiger partial charge in [-0.25, -0.2) is 5.01 Å². The number of hydrogen-bond donors (Lipinski definition) is 0. The Morgan fingerprint density at radius 3 is 2.53 bits per heavy atom. The molecule has 8 heteroatoms. The zero-order valence-corrected chi connectivity index (χ0v) is 20.5. The minimum absolute atomic E-state index is 0.0745. The Morgan fingerprint density at radius 1 is 0.972 bits per heavy atom. The molecule has 188 valence electrons. The third kappa shape index (κ3) is 4.57. The van der Waals surface area contributed by atoms with Crippen LogP contribution in [0.5, 0.6) is 0 Å². The molecule has 4 heterocycles. The summed E-state index contributed by atoms with van der Waals surface area (Å²) in [6, 6.07) is 13.2. The maximum absolute atomic E-state index is 13.5. The second kappa shape index (κ2) is 9.93. The molecule has 1 saturated carbocycles. The third-order valence-corrected chi connectivity index (χ3v) is 7.74. The van der Waals surface area contributed by atoms with Gasteiger partial charge >= 0.3 is 0 Å². The molecule has 1 unspecified atom stereocenters. The van der Waals surface area contributed by atoms with Crippen molar-refractivity contribution in [1.82, 2.24) is 14.8 Å². The zero-order chi connectivity index (χ0) is 24.5. The Balaban J connectivity index is 1.13. The lowest BCUT2D eigenvalue weighted by Crippen LogP contribution is -2.52. The highest BCUT2D eigenvalue weighted by Gasteiger charge is 2.37. The predicted molar refractivity (Wildman–Crippen MR) is 135 cm³/mol. The number of furan rings is 2. The van der Waals surface area contributed by atoms with E-state index in [9.17, 15) is 9.59 Å². The largest absolute Gasteiger partial charge is 0.467 e. The number of benzene rings is 1. The summed E-state index contributed by atoms with van der Waals surface area (Å²) >= 11 is 0. The smallest absolute Gasteiger partial charge is 0.257 e. The van der Waals surface area contributed by atoms with E-state index in [4.69, 9.17) is 13.9 Å². The number of piperazine rings is 1. The van der Waals surface area contributed by atoms with Crippen LogP contribution in [-0.2, 0) is 9.59 Å². The lowest BCUT2D eigenvalue weighted by Gasteiger charge is -2.37. The van der Waals surface area contributed by atoms with E-state index in [0.29, 0.717) is 50.0 Å². The van der Waals surface area contributed by atoms with E-state index in [1.54, 1.807) is 11.3 Å². The molecule has 2 fully saturated rings. The maximum atomic E-state index is 13.5. The van der Waals surface area contributed by atoms with Gasteiger partial charge in [-0.15, -0.1) is 0 Å². The Bertz CT molecular complexity index is 1220. The van der Waals surface area contributed by atoms with Gasteiger partial charge in [-0.1, -0.05) is 37.5 Å². The summed E-state index contributed by atoms with van der Waals surface area (Å²) in [5.74, 6) is 1.81. The fourth-order valence-corrected chi connectivity index (χ4v) is 5.71. The normalized spacial score (nSPS) is 21.8. The van der Waals surface area contributed by atoms with Gasteiger partial charge in [0.1, 0.15) is 23.1 Å². The van der Waals surface area contributed by atoms with Gasteiger partial charge in [-0.2, -0.15) is 5.10 Å². The summed E-state index contributed by atoms with van der Waals surface area (Å²) in [7, 11) is 0. The topological polar surface area (TPSA) is 82.5 Å². The fourth-order valence-electron chi connectivity index (χ4n) is 5.71. The number of rotatable bonds is 5. The van der Waals surface area contributed by atoms with Crippen LogP contribution >= 0.6 is 0 Å². The van der Waals surface area contributed by atoms with Crippen LogP contribution in [0.4, 0.5) is 0 Å². The summed E-state index contributed by atoms with van der Waals surface area (Å²) in [6.45, 7) is 3.02. The second-order valence-corrected chi connectivity index (χ2v) is 10.1. The molecule has 1 saturated heterocycles. The molecule has 0 bridgehead atoms. The first kappa shape index (κ1) is 23.0. The van der Waals surface area contributed by atoms with E-state index in [-0.39, 0.29) is 24.4 Å². The highest BCUT2D eigenvalue weighted by Crippen LogP contribution is 2.34. The van der Waals surface area contributed by atoms with E-state index in [1.165, 1.54) is 6.42 Å². The van der Waals surface area contributed by atoms with Gasteiger partial charge in [0.15, 0.2) is 5.76 Å². The van der Waals surface area contributed by atoms with E-state index < -0.39 is 0 Å². The monoisotopic (exact) mass is 488 g/mol. The van der Waals surface area contributed by atoms with E-state index in [0.717, 1.165) is 42.4 Å². The number of carbonyl (C=O) groups excluding carboxylic acids is 2. The lowest BCUT2D eigenvalue weighted by atomic mass is 9.88. The summed E-state index contributed by atoms with van der Waals surface area (Å²) < 4.78 is 11.7. The minimum atomic E-state index is -0.301. The zero-order valence-electron chi connectivity index (χ0n) is 20.5. The van der Waals surface area contributed by atoms with Crippen LogP contribution in [0, 0.1) is 5.92 Å². The molecule has 3 aliphatic rings. The molecule has 2 aliphatic heterocycles. The van der Waals surface area contributed by atoms with Crippen molar-refractivity contribution in [2.24, 2.45) is 11.0 Å². The number of hydrazone groups is 1. The van der Waals surface area contributed by atoms with Gasteiger partial charge in [0, 0.05) is 43.9 Å². The Labute approximate surface area is 210 Å². The first-order chi connectivity index (χ1) is 17.7. The highest BCUT2D eigenvalue weighted by molar-refractivity contribution is 6.03. The average Bonchev–Trinajstić information content (AvgIpc) is 3.68. The molecule has 0 N–H and O–H groups in total. The summed E-state index contributed by atoms with van der Waals surface area (Å²) in [5.41, 5.74) is 1.54. The molecular formula is C28H32N4O4. The van der Waals surface area contributed by atoms with Gasteiger partial charge in [0.25, 0.3) is 5.91 Å². The van der Waals surface area contributed by atoms with Gasteiger partial charge in [-0.3, -0.25) is 14.5 Å². The van der Waals surface area contributed by atoms with Crippen molar-refractivity contribution in [3.05, 3.63) is 60.2 Å². The molecule has 6 rings (SSSR count). The van der Waals surface area contributed by atoms with E-state index >= 15 is 0 Å². The van der Waals surface area contributed by atoms with Gasteiger partial charge in [-0.05, 0) is 37.1 Å². The Hall–Kier alpha value is -3.39. The van der Waals surface area contributed by atoms with Crippen molar-refractivity contribution < 1.29 is 18.4 Å². The number of amides is 2. The molecule has 2 aromatic heterocycles. The summed E-state index contributed by atoms with van der Waals surface area (Å²) in [5, 5.41) is 7.28. The maximum Gasteiger partial charge on any atom is 0.257 e. The molecule has 2 amide bonds. The molecule has 1 aromatic carbocycles. The SMILES string of the molecule is O=C(C1CCCCC1)N1CCN(CC(=O)N2N=C(c3cc4ccccc4o3)CC2c2ccco2)CC1. The Morgan fingerprint density at radius 2 is 1.78 bits per heavy atom. The first-order valence-corrected chi connectivity index (χ1v) is 13.1. The van der Waals surface area contributed by atoms with Gasteiger partial charge in [0.2, 0.25) is 5.91 Å². The highest BCUT2D eigenvalue weighted by atomic mass is 16.3. The van der Waals surface area contributed by atoms with Crippen molar-refractivity contribution in [1.29, 1.82) is 0 Å². The van der Waals surface area contributed by atoms with Crippen molar-refractivity contribution in [3.63, 3.8) is 0 Å². The van der Waals surface area contributed by atoms with Crippen LogP contribution in [0.15, 0.2) is 62.7 Å². The van der Waals surface area contributed by atoms with Crippen LogP contribution in [0.2, 0.25) is 0 Å². The summed E-state index contributed by atoms with van der Waals surface area (Å²) in [4.78, 5) is 30.5. The van der Waals surface area contributed by atoms with Crippen LogP contribution in [0.3, 0.4) is 0 Å². The molecular weight excluding hydrogens is 456 g/mol. The molecule has 36 heavy (non-hydrogen) atoms. The second-order valence-electron chi connectivity index (χ2n) is 10.1. The quantitative estimate of drug-likeness (QED) is 0.531. The predicted octanol–water partition coefficient (Wildman–Crippen LogP) is 4.43. The number of para-hydroxylation sites is 1. The van der Waals surface area contributed by atoms with E-state index in [1.807, 2.05) is 47.4 Å². The standard InChI is InChI=1S/C28H32N4O4/c33-27(19-30-12-14-31(15-13-30)28(34)20-7-2-1-3-8-20)32-23(25-11-6-16-35-25)18-22(29-32)26-17-21-9-4-5-10-24(21)36-26/h4-6,9-11,16-17,20,23H,1-3,7-8,12-15,18-19H2. The van der Waals surface area contributed by atoms with E-state index in [2.05, 4.69) is 4.90 Å². The third-order valence-electron chi connectivity index (χ3n) is 7.74. The van der Waals surface area contributed by atoms with Crippen molar-refractivity contribution in [3.8, 4) is 0 Å². The summed E-state index contributed by atoms with van der Waals surface area (Å²) in [6.07, 6.45) is 7.76. The number of nitrogens with zero attached hydrogens (tertiary/aromatic N) is 4. The lowest BCUT2D eigenvalue weighted by molar-refractivity contribution is -0.139. The molecule has 0 radical (unpaired) electrons. The van der Waals surface area contributed by atoms with Crippen LogP contribution in [0.1, 0.15) is 56.1 Å². The number of hydrogen-bond acceptors (Lipinski definition) is 6. The molecule has 1 atom stereocenters. The van der Waals surface area contributed by atoms with Crippen LogP contribution < -0.4 is 0 Å². The first-order valence-electron chi connectivity index (χ1n) is 13.1. The van der Waals surface area contributed by atoms with Crippen molar-refractivity contribution in [2.75, 3.05) is 32.7 Å². The molecule has 1 aliphatic carbocycles. The average molecular weight is 489 g/mol. The van der Waals surface area contributed by atoms with Gasteiger partial charge in [0.05, 0.1) is 12.8 Å².